The molecule has 0 saturated carbocycles. The SMILES string of the molecule is CCCCCCOc1cccc(-c2sc(=S)[nH]c2C)c1. The lowest BCUT2D eigenvalue weighted by Gasteiger charge is -2.07. The van der Waals surface area contributed by atoms with Crippen molar-refractivity contribution in [1.29, 1.82) is 0 Å². The molecule has 2 rings (SSSR count). The molecular formula is C16H21NOS2. The van der Waals surface area contributed by atoms with E-state index in [1.807, 2.05) is 12.1 Å². The fourth-order valence-electron chi connectivity index (χ4n) is 2.13. The van der Waals surface area contributed by atoms with Crippen molar-refractivity contribution in [3.8, 4) is 16.2 Å². The number of nitrogens with one attached hydrogen (secondary N) is 1. The summed E-state index contributed by atoms with van der Waals surface area (Å²) in [5, 5.41) is 0. The van der Waals surface area contributed by atoms with Crippen LogP contribution in [0, 0.1) is 10.9 Å². The third-order valence-corrected chi connectivity index (χ3v) is 4.57. The first kappa shape index (κ1) is 15.3. The van der Waals surface area contributed by atoms with Crippen LogP contribution in [0.2, 0.25) is 0 Å². The molecule has 0 bridgehead atoms. The first-order valence-corrected chi connectivity index (χ1v) is 8.36. The number of thiazole rings is 1. The van der Waals surface area contributed by atoms with Crippen LogP contribution in [0.25, 0.3) is 10.4 Å². The second kappa shape index (κ2) is 7.60. The number of aryl methyl sites for hydroxylation is 1. The Kier molecular flexibility index (Phi) is 5.80. The third-order valence-electron chi connectivity index (χ3n) is 3.19. The normalized spacial score (nSPS) is 10.7. The Labute approximate surface area is 129 Å². The standard InChI is InChI=1S/C16H21NOS2/c1-3-4-5-6-10-18-14-9-7-8-13(11-14)15-12(2)17-16(19)20-15/h7-9,11H,3-6,10H2,1-2H3,(H,17,19). The van der Waals surface area contributed by atoms with E-state index in [9.17, 15) is 0 Å². The minimum atomic E-state index is 0.797. The van der Waals surface area contributed by atoms with Gasteiger partial charge in [0.05, 0.1) is 11.5 Å². The first-order chi connectivity index (χ1) is 9.70. The zero-order valence-electron chi connectivity index (χ0n) is 12.1. The lowest BCUT2D eigenvalue weighted by molar-refractivity contribution is 0.305. The van der Waals surface area contributed by atoms with Crippen molar-refractivity contribution in [3.63, 3.8) is 0 Å². The molecule has 4 heteroatoms. The molecule has 0 unspecified atom stereocenters. The Morgan fingerprint density at radius 2 is 2.10 bits per heavy atom. The highest BCUT2D eigenvalue weighted by atomic mass is 32.1. The molecule has 0 spiro atoms. The average molecular weight is 307 g/mol. The smallest absolute Gasteiger partial charge is 0.159 e. The number of aromatic nitrogens is 1. The number of ether oxygens (including phenoxy) is 1. The molecule has 1 heterocycles. The number of hydrogen-bond acceptors (Lipinski definition) is 3. The van der Waals surface area contributed by atoms with E-state index in [-0.39, 0.29) is 0 Å². The van der Waals surface area contributed by atoms with Crippen molar-refractivity contribution in [2.24, 2.45) is 0 Å². The quantitative estimate of drug-likeness (QED) is 0.521. The van der Waals surface area contributed by atoms with Gasteiger partial charge in [0.25, 0.3) is 0 Å². The van der Waals surface area contributed by atoms with Crippen LogP contribution < -0.4 is 4.74 Å². The van der Waals surface area contributed by atoms with Crippen LogP contribution in [-0.2, 0) is 0 Å². The van der Waals surface area contributed by atoms with E-state index in [1.165, 1.54) is 29.7 Å². The molecule has 0 aliphatic rings. The third kappa shape index (κ3) is 4.18. The van der Waals surface area contributed by atoms with Crippen LogP contribution in [0.5, 0.6) is 5.75 Å². The Morgan fingerprint density at radius 1 is 1.25 bits per heavy atom. The zero-order valence-corrected chi connectivity index (χ0v) is 13.7. The highest BCUT2D eigenvalue weighted by molar-refractivity contribution is 7.73. The van der Waals surface area contributed by atoms with E-state index in [2.05, 4.69) is 31.0 Å². The molecule has 20 heavy (non-hydrogen) atoms. The molecule has 0 aliphatic carbocycles. The Morgan fingerprint density at radius 3 is 2.80 bits per heavy atom. The van der Waals surface area contributed by atoms with Gasteiger partial charge in [-0.3, -0.25) is 0 Å². The van der Waals surface area contributed by atoms with Gasteiger partial charge in [0.1, 0.15) is 5.75 Å². The molecule has 2 nitrogen and oxygen atoms in total. The van der Waals surface area contributed by atoms with Crippen molar-refractivity contribution in [2.45, 2.75) is 39.5 Å². The van der Waals surface area contributed by atoms with E-state index in [4.69, 9.17) is 17.0 Å². The van der Waals surface area contributed by atoms with E-state index < -0.39 is 0 Å². The van der Waals surface area contributed by atoms with Crippen LogP contribution in [0.15, 0.2) is 24.3 Å². The molecule has 0 amide bonds. The number of H-pyrrole nitrogens is 1. The zero-order chi connectivity index (χ0) is 14.4. The Balaban J connectivity index is 2.01. The Bertz CT molecular complexity index is 601. The van der Waals surface area contributed by atoms with Gasteiger partial charge < -0.3 is 9.72 Å². The molecule has 1 N–H and O–H groups in total. The summed E-state index contributed by atoms with van der Waals surface area (Å²) in [6.07, 6.45) is 4.91. The molecule has 0 aliphatic heterocycles. The van der Waals surface area contributed by atoms with Crippen LogP contribution in [0.1, 0.15) is 38.3 Å². The van der Waals surface area contributed by atoms with E-state index in [0.29, 0.717) is 0 Å². The van der Waals surface area contributed by atoms with Crippen molar-refractivity contribution >= 4 is 23.6 Å². The number of benzene rings is 1. The molecule has 0 fully saturated rings. The van der Waals surface area contributed by atoms with Gasteiger partial charge in [-0.1, -0.05) is 38.3 Å². The molecule has 1 aromatic carbocycles. The van der Waals surface area contributed by atoms with Crippen molar-refractivity contribution in [1.82, 2.24) is 4.98 Å². The maximum atomic E-state index is 5.83. The highest BCUT2D eigenvalue weighted by Gasteiger charge is 2.06. The summed E-state index contributed by atoms with van der Waals surface area (Å²) in [6, 6.07) is 8.26. The molecule has 1 aromatic heterocycles. The summed E-state index contributed by atoms with van der Waals surface area (Å²) >= 11 is 6.81. The predicted molar refractivity (Wildman–Crippen MR) is 89.3 cm³/mol. The van der Waals surface area contributed by atoms with E-state index in [0.717, 1.165) is 28.4 Å². The van der Waals surface area contributed by atoms with Crippen molar-refractivity contribution in [2.75, 3.05) is 6.61 Å². The lowest BCUT2D eigenvalue weighted by Crippen LogP contribution is -1.97. The molecular weight excluding hydrogens is 286 g/mol. The largest absolute Gasteiger partial charge is 0.494 e. The predicted octanol–water partition coefficient (Wildman–Crippen LogP) is 5.74. The maximum Gasteiger partial charge on any atom is 0.159 e. The van der Waals surface area contributed by atoms with Crippen molar-refractivity contribution < 1.29 is 4.74 Å². The molecule has 108 valence electrons. The minimum Gasteiger partial charge on any atom is -0.494 e. The number of unbranched alkanes of at least 4 members (excludes halogenated alkanes) is 3. The van der Waals surface area contributed by atoms with Gasteiger partial charge in [-0.05, 0) is 43.3 Å². The summed E-state index contributed by atoms with van der Waals surface area (Å²) in [7, 11) is 0. The first-order valence-electron chi connectivity index (χ1n) is 7.13. The molecule has 0 radical (unpaired) electrons. The van der Waals surface area contributed by atoms with Gasteiger partial charge in [-0.15, -0.1) is 11.3 Å². The van der Waals surface area contributed by atoms with Gasteiger partial charge in [-0.25, -0.2) is 0 Å². The monoisotopic (exact) mass is 307 g/mol. The van der Waals surface area contributed by atoms with Crippen molar-refractivity contribution in [3.05, 3.63) is 33.9 Å². The van der Waals surface area contributed by atoms with Crippen LogP contribution in [0.3, 0.4) is 0 Å². The lowest BCUT2D eigenvalue weighted by atomic mass is 10.1. The van der Waals surface area contributed by atoms with Crippen LogP contribution in [-0.4, -0.2) is 11.6 Å². The van der Waals surface area contributed by atoms with Gasteiger partial charge in [-0.2, -0.15) is 0 Å². The minimum absolute atomic E-state index is 0.797. The van der Waals surface area contributed by atoms with Gasteiger partial charge in [0.2, 0.25) is 0 Å². The fraction of sp³-hybridized carbons (Fsp3) is 0.438. The van der Waals surface area contributed by atoms with E-state index in [1.54, 1.807) is 11.3 Å². The number of aromatic amines is 1. The Hall–Kier alpha value is -1.13. The number of hydrogen-bond donors (Lipinski definition) is 1. The number of rotatable bonds is 7. The topological polar surface area (TPSA) is 25.0 Å². The highest BCUT2D eigenvalue weighted by Crippen LogP contribution is 2.30. The molecule has 2 aromatic rings. The van der Waals surface area contributed by atoms with Gasteiger partial charge in [0, 0.05) is 5.69 Å². The van der Waals surface area contributed by atoms with E-state index >= 15 is 0 Å². The molecule has 0 atom stereocenters. The molecule has 0 saturated heterocycles. The van der Waals surface area contributed by atoms with Crippen LogP contribution >= 0.6 is 23.6 Å². The summed E-state index contributed by atoms with van der Waals surface area (Å²) < 4.78 is 6.65. The summed E-state index contributed by atoms with van der Waals surface area (Å²) in [5.74, 6) is 0.942. The average Bonchev–Trinajstić information content (AvgIpc) is 2.78. The summed E-state index contributed by atoms with van der Waals surface area (Å²) in [4.78, 5) is 4.38. The summed E-state index contributed by atoms with van der Waals surface area (Å²) in [5.41, 5.74) is 2.30. The van der Waals surface area contributed by atoms with Crippen LogP contribution in [0.4, 0.5) is 0 Å². The van der Waals surface area contributed by atoms with Gasteiger partial charge in [0.15, 0.2) is 3.95 Å². The maximum absolute atomic E-state index is 5.83. The van der Waals surface area contributed by atoms with Gasteiger partial charge >= 0.3 is 0 Å². The second-order valence-electron chi connectivity index (χ2n) is 4.91. The fourth-order valence-corrected chi connectivity index (χ4v) is 3.37. The summed E-state index contributed by atoms with van der Waals surface area (Å²) in [6.45, 7) is 5.07. The second-order valence-corrected chi connectivity index (χ2v) is 6.59.